The van der Waals surface area contributed by atoms with Gasteiger partial charge in [0.25, 0.3) is 0 Å². The zero-order chi connectivity index (χ0) is 13.5. The van der Waals surface area contributed by atoms with Crippen molar-refractivity contribution in [1.82, 2.24) is 0 Å². The number of aldehydes is 1. The van der Waals surface area contributed by atoms with E-state index in [-0.39, 0.29) is 5.92 Å². The summed E-state index contributed by atoms with van der Waals surface area (Å²) in [4.78, 5) is 11.0. The lowest BCUT2D eigenvalue weighted by Crippen LogP contribution is -2.23. The molecule has 0 heterocycles. The highest BCUT2D eigenvalue weighted by Crippen LogP contribution is 2.19. The third-order valence-corrected chi connectivity index (χ3v) is 4.54. The van der Waals surface area contributed by atoms with Crippen molar-refractivity contribution in [1.29, 1.82) is 0 Å². The minimum absolute atomic E-state index is 0.0976. The Morgan fingerprint density at radius 1 is 0.950 bits per heavy atom. The second kappa shape index (κ2) is 4.45. The SMILES string of the molecule is O=CC1C=c2ccc3c(c2CC1)CC=c1ccccc1=3. The summed E-state index contributed by atoms with van der Waals surface area (Å²) in [6.07, 6.45) is 8.51. The summed E-state index contributed by atoms with van der Waals surface area (Å²) in [5.74, 6) is 0.0976. The standard InChI is InChI=1S/C19H16O/c20-12-13-5-8-17-15(11-13)7-10-18-16-4-2-1-3-14(16)6-9-19(17)18/h1-4,6-7,10-13H,5,8-9H2. The average Bonchev–Trinajstić information content (AvgIpc) is 2.53. The van der Waals surface area contributed by atoms with E-state index in [1.165, 1.54) is 32.0 Å². The van der Waals surface area contributed by atoms with Crippen molar-refractivity contribution >= 4 is 18.4 Å². The van der Waals surface area contributed by atoms with Crippen LogP contribution in [0.2, 0.25) is 0 Å². The summed E-state index contributed by atoms with van der Waals surface area (Å²) in [5.41, 5.74) is 2.91. The number of carbonyl (C=O) groups excluding carboxylic acids is 1. The first-order chi connectivity index (χ1) is 9.86. The lowest BCUT2D eigenvalue weighted by molar-refractivity contribution is -0.109. The minimum atomic E-state index is 0.0976. The zero-order valence-electron chi connectivity index (χ0n) is 11.3. The molecule has 0 spiro atoms. The number of carbonyl (C=O) groups is 1. The van der Waals surface area contributed by atoms with Crippen molar-refractivity contribution in [2.24, 2.45) is 5.92 Å². The lowest BCUT2D eigenvalue weighted by Gasteiger charge is -2.18. The maximum Gasteiger partial charge on any atom is 0.126 e. The van der Waals surface area contributed by atoms with Gasteiger partial charge in [-0.1, -0.05) is 48.6 Å². The van der Waals surface area contributed by atoms with E-state index in [2.05, 4.69) is 48.6 Å². The highest BCUT2D eigenvalue weighted by atomic mass is 16.1. The van der Waals surface area contributed by atoms with Crippen LogP contribution in [0, 0.1) is 16.4 Å². The summed E-state index contributed by atoms with van der Waals surface area (Å²) in [6.45, 7) is 0. The van der Waals surface area contributed by atoms with Crippen molar-refractivity contribution in [2.45, 2.75) is 19.3 Å². The molecular weight excluding hydrogens is 244 g/mol. The molecule has 0 amide bonds. The predicted octanol–water partition coefficient (Wildman–Crippen LogP) is 1.85. The largest absolute Gasteiger partial charge is 0.303 e. The van der Waals surface area contributed by atoms with E-state index >= 15 is 0 Å². The van der Waals surface area contributed by atoms with Gasteiger partial charge in [0.05, 0.1) is 0 Å². The molecule has 2 aliphatic carbocycles. The Labute approximate surface area is 117 Å². The monoisotopic (exact) mass is 260 g/mol. The molecular formula is C19H16O. The van der Waals surface area contributed by atoms with E-state index in [0.717, 1.165) is 25.5 Å². The smallest absolute Gasteiger partial charge is 0.126 e. The topological polar surface area (TPSA) is 17.1 Å². The van der Waals surface area contributed by atoms with Gasteiger partial charge in [-0.2, -0.15) is 0 Å². The van der Waals surface area contributed by atoms with Crippen LogP contribution in [0.25, 0.3) is 12.2 Å². The average molecular weight is 260 g/mol. The molecule has 0 radical (unpaired) electrons. The highest BCUT2D eigenvalue weighted by molar-refractivity contribution is 5.65. The first-order valence-electron chi connectivity index (χ1n) is 7.24. The molecule has 0 fully saturated rings. The Morgan fingerprint density at radius 3 is 2.75 bits per heavy atom. The Bertz CT molecular complexity index is 906. The Kier molecular flexibility index (Phi) is 2.59. The molecule has 0 bridgehead atoms. The molecule has 1 atom stereocenters. The van der Waals surface area contributed by atoms with Crippen LogP contribution >= 0.6 is 0 Å². The third-order valence-electron chi connectivity index (χ3n) is 4.54. The maximum absolute atomic E-state index is 11.0. The third kappa shape index (κ3) is 1.66. The number of fused-ring (bicyclic) bond motifs is 4. The van der Waals surface area contributed by atoms with Gasteiger partial charge in [-0.25, -0.2) is 0 Å². The molecule has 1 nitrogen and oxygen atoms in total. The molecule has 98 valence electrons. The van der Waals surface area contributed by atoms with Gasteiger partial charge >= 0.3 is 0 Å². The van der Waals surface area contributed by atoms with Crippen molar-refractivity contribution in [3.63, 3.8) is 0 Å². The summed E-state index contributed by atoms with van der Waals surface area (Å²) in [5, 5.41) is 5.32. The quantitative estimate of drug-likeness (QED) is 0.715. The van der Waals surface area contributed by atoms with Gasteiger partial charge in [0.2, 0.25) is 0 Å². The number of benzene rings is 2. The Morgan fingerprint density at radius 2 is 1.85 bits per heavy atom. The molecule has 0 aromatic heterocycles. The summed E-state index contributed by atoms with van der Waals surface area (Å²) >= 11 is 0. The van der Waals surface area contributed by atoms with E-state index in [0.29, 0.717) is 0 Å². The van der Waals surface area contributed by atoms with Gasteiger partial charge in [-0.15, -0.1) is 0 Å². The number of rotatable bonds is 1. The van der Waals surface area contributed by atoms with Crippen LogP contribution in [0.3, 0.4) is 0 Å². The van der Waals surface area contributed by atoms with Crippen LogP contribution in [0.15, 0.2) is 36.4 Å². The van der Waals surface area contributed by atoms with Crippen LogP contribution in [0.1, 0.15) is 17.5 Å². The molecule has 0 N–H and O–H groups in total. The van der Waals surface area contributed by atoms with Gasteiger partial charge in [0.15, 0.2) is 0 Å². The molecule has 0 saturated carbocycles. The van der Waals surface area contributed by atoms with E-state index in [9.17, 15) is 4.79 Å². The van der Waals surface area contributed by atoms with Crippen LogP contribution in [-0.4, -0.2) is 6.29 Å². The molecule has 1 unspecified atom stereocenters. The van der Waals surface area contributed by atoms with Crippen molar-refractivity contribution in [3.05, 3.63) is 68.4 Å². The van der Waals surface area contributed by atoms with Crippen LogP contribution in [-0.2, 0) is 17.6 Å². The molecule has 2 aromatic rings. The normalized spacial score (nSPS) is 18.9. The predicted molar refractivity (Wildman–Crippen MR) is 80.3 cm³/mol. The molecule has 4 rings (SSSR count). The first kappa shape index (κ1) is 11.7. The van der Waals surface area contributed by atoms with E-state index < -0.39 is 0 Å². The summed E-state index contributed by atoms with van der Waals surface area (Å²) in [6, 6.07) is 13.0. The van der Waals surface area contributed by atoms with Gasteiger partial charge in [-0.3, -0.25) is 0 Å². The number of hydrogen-bond donors (Lipinski definition) is 0. The first-order valence-corrected chi connectivity index (χ1v) is 7.24. The second-order valence-electron chi connectivity index (χ2n) is 5.66. The molecule has 0 aliphatic heterocycles. The molecule has 20 heavy (non-hydrogen) atoms. The highest BCUT2D eigenvalue weighted by Gasteiger charge is 2.15. The number of hydrogen-bond acceptors (Lipinski definition) is 1. The van der Waals surface area contributed by atoms with E-state index in [4.69, 9.17) is 0 Å². The van der Waals surface area contributed by atoms with E-state index in [1.54, 1.807) is 0 Å². The lowest BCUT2D eigenvalue weighted by atomic mass is 9.85. The zero-order valence-corrected chi connectivity index (χ0v) is 11.3. The van der Waals surface area contributed by atoms with Gasteiger partial charge in [0, 0.05) is 5.92 Å². The fourth-order valence-electron chi connectivity index (χ4n) is 3.51. The Hall–Kier alpha value is -2.15. The fraction of sp³-hybridized carbons (Fsp3) is 0.211. The fourth-order valence-corrected chi connectivity index (χ4v) is 3.51. The molecule has 2 aliphatic rings. The van der Waals surface area contributed by atoms with Crippen LogP contribution in [0.5, 0.6) is 0 Å². The Balaban J connectivity index is 2.12. The molecule has 0 saturated heterocycles. The van der Waals surface area contributed by atoms with E-state index in [1.807, 2.05) is 0 Å². The van der Waals surface area contributed by atoms with Crippen LogP contribution in [0.4, 0.5) is 0 Å². The van der Waals surface area contributed by atoms with Crippen molar-refractivity contribution < 1.29 is 4.79 Å². The molecule has 2 aromatic carbocycles. The van der Waals surface area contributed by atoms with Crippen LogP contribution < -0.4 is 10.4 Å². The molecule has 1 heteroatoms. The summed E-state index contributed by atoms with van der Waals surface area (Å²) in [7, 11) is 0. The maximum atomic E-state index is 11.0. The second-order valence-corrected chi connectivity index (χ2v) is 5.66. The summed E-state index contributed by atoms with van der Waals surface area (Å²) < 4.78 is 0. The van der Waals surface area contributed by atoms with Gasteiger partial charge in [-0.05, 0) is 51.3 Å². The minimum Gasteiger partial charge on any atom is -0.303 e. The van der Waals surface area contributed by atoms with Crippen molar-refractivity contribution in [3.8, 4) is 0 Å². The van der Waals surface area contributed by atoms with Crippen molar-refractivity contribution in [2.75, 3.05) is 0 Å². The van der Waals surface area contributed by atoms with Gasteiger partial charge < -0.3 is 4.79 Å². The van der Waals surface area contributed by atoms with Gasteiger partial charge in [0.1, 0.15) is 6.29 Å².